The normalized spacial score (nSPS) is 37.8. The number of benzene rings is 1. The van der Waals surface area contributed by atoms with E-state index in [0.717, 1.165) is 56.7 Å². The first kappa shape index (κ1) is 24.0. The van der Waals surface area contributed by atoms with Crippen LogP contribution in [0.4, 0.5) is 5.69 Å². The van der Waals surface area contributed by atoms with E-state index in [9.17, 15) is 5.11 Å². The molecule has 5 aliphatic rings. The molecule has 4 nitrogen and oxygen atoms in total. The molecule has 35 heavy (non-hydrogen) atoms. The van der Waals surface area contributed by atoms with Gasteiger partial charge in [-0.05, 0) is 98.1 Å². The number of nitrogens with zero attached hydrogens (tertiary/aromatic N) is 1. The Morgan fingerprint density at radius 3 is 2.49 bits per heavy atom. The first-order valence-electron chi connectivity index (χ1n) is 14.3. The minimum absolute atomic E-state index is 0.295. The minimum Gasteiger partial charge on any atom is -0.396 e. The third-order valence-electron chi connectivity index (χ3n) is 10.9. The number of aliphatic hydroxyl groups is 1. The molecule has 4 aliphatic carbocycles. The molecule has 4 unspecified atom stereocenters. The number of hydrogen-bond acceptors (Lipinski definition) is 4. The van der Waals surface area contributed by atoms with Crippen LogP contribution in [0.1, 0.15) is 82.6 Å². The zero-order chi connectivity index (χ0) is 24.2. The summed E-state index contributed by atoms with van der Waals surface area (Å²) < 4.78 is 12.4. The second-order valence-electron chi connectivity index (χ2n) is 12.7. The van der Waals surface area contributed by atoms with Crippen LogP contribution in [0.2, 0.25) is 0 Å². The van der Waals surface area contributed by atoms with Gasteiger partial charge in [0.05, 0.1) is 13.2 Å². The molecular weight excluding hydrogens is 434 g/mol. The molecule has 0 aromatic heterocycles. The quantitative estimate of drug-likeness (QED) is 0.504. The SMILES string of the molecule is CN(C)c1ccc(C2C[C@@]3(C)C(CCCO)CC[C@H]3C3CCC4CC5(CCC4=C23)OCCO5)cc1. The van der Waals surface area contributed by atoms with Crippen molar-refractivity contribution < 1.29 is 14.6 Å². The van der Waals surface area contributed by atoms with Gasteiger partial charge in [-0.25, -0.2) is 0 Å². The maximum Gasteiger partial charge on any atom is 0.169 e. The number of fused-ring (bicyclic) bond motifs is 4. The van der Waals surface area contributed by atoms with E-state index >= 15 is 0 Å². The van der Waals surface area contributed by atoms with Crippen LogP contribution in [0.3, 0.4) is 0 Å². The summed E-state index contributed by atoms with van der Waals surface area (Å²) in [6.45, 7) is 4.48. The van der Waals surface area contributed by atoms with Crippen LogP contribution in [0.15, 0.2) is 35.4 Å². The fourth-order valence-corrected chi connectivity index (χ4v) is 9.21. The number of hydrogen-bond donors (Lipinski definition) is 1. The second kappa shape index (κ2) is 9.19. The molecule has 4 fully saturated rings. The lowest BCUT2D eigenvalue weighted by molar-refractivity contribution is -0.181. The van der Waals surface area contributed by atoms with Crippen LogP contribution in [0, 0.1) is 29.1 Å². The molecule has 192 valence electrons. The van der Waals surface area contributed by atoms with Gasteiger partial charge < -0.3 is 19.5 Å². The molecule has 1 saturated heterocycles. The van der Waals surface area contributed by atoms with Crippen LogP contribution in [-0.2, 0) is 9.47 Å². The predicted molar refractivity (Wildman–Crippen MR) is 140 cm³/mol. The maximum absolute atomic E-state index is 9.58. The smallest absolute Gasteiger partial charge is 0.169 e. The molecule has 1 aromatic rings. The molecule has 1 spiro atoms. The van der Waals surface area contributed by atoms with Gasteiger partial charge in [-0.1, -0.05) is 30.2 Å². The van der Waals surface area contributed by atoms with Gasteiger partial charge in [0.2, 0.25) is 0 Å². The van der Waals surface area contributed by atoms with Crippen molar-refractivity contribution in [1.29, 1.82) is 0 Å². The summed E-state index contributed by atoms with van der Waals surface area (Å²) in [6.07, 6.45) is 12.0. The highest BCUT2D eigenvalue weighted by atomic mass is 16.7. The van der Waals surface area contributed by atoms with Crippen LogP contribution in [-0.4, -0.2) is 44.8 Å². The Hall–Kier alpha value is -1.36. The summed E-state index contributed by atoms with van der Waals surface area (Å²) in [7, 11) is 4.26. The average Bonchev–Trinajstić information content (AvgIpc) is 3.45. The van der Waals surface area contributed by atoms with Crippen molar-refractivity contribution in [1.82, 2.24) is 0 Å². The van der Waals surface area contributed by atoms with Crippen molar-refractivity contribution in [3.8, 4) is 0 Å². The maximum atomic E-state index is 9.58. The van der Waals surface area contributed by atoms with Crippen molar-refractivity contribution in [3.05, 3.63) is 41.0 Å². The van der Waals surface area contributed by atoms with Crippen molar-refractivity contribution in [2.45, 2.75) is 82.8 Å². The first-order chi connectivity index (χ1) is 16.9. The van der Waals surface area contributed by atoms with E-state index < -0.39 is 0 Å². The molecule has 1 heterocycles. The minimum atomic E-state index is -0.295. The standard InChI is InChI=1S/C31H45NO3/c1-30-20-27(21-6-10-24(11-7-21)32(2)3)29-25-14-15-31(34-17-18-35-31)19-22(25)8-12-26(29)28(30)13-9-23(30)5-4-16-33/h6-7,10-11,22-23,26-28,33H,4-5,8-9,12-20H2,1-3H3/t22?,23?,26?,27?,28-,30-/m0/s1. The van der Waals surface area contributed by atoms with Crippen molar-refractivity contribution in [2.75, 3.05) is 38.8 Å². The lowest BCUT2D eigenvalue weighted by Crippen LogP contribution is -2.46. The van der Waals surface area contributed by atoms with Gasteiger partial charge >= 0.3 is 0 Å². The zero-order valence-corrected chi connectivity index (χ0v) is 22.1. The Balaban J connectivity index is 1.39. The van der Waals surface area contributed by atoms with E-state index in [1.165, 1.54) is 49.8 Å². The molecule has 0 amide bonds. The van der Waals surface area contributed by atoms with Crippen molar-refractivity contribution in [2.24, 2.45) is 29.1 Å². The van der Waals surface area contributed by atoms with Gasteiger partial charge in [-0.3, -0.25) is 0 Å². The van der Waals surface area contributed by atoms with Gasteiger partial charge in [0.1, 0.15) is 0 Å². The molecule has 0 bridgehead atoms. The third kappa shape index (κ3) is 3.99. The number of allylic oxidation sites excluding steroid dienone is 2. The Morgan fingerprint density at radius 2 is 1.77 bits per heavy atom. The largest absolute Gasteiger partial charge is 0.396 e. The van der Waals surface area contributed by atoms with Crippen molar-refractivity contribution >= 4 is 5.69 Å². The lowest BCUT2D eigenvalue weighted by atomic mass is 9.51. The Labute approximate surface area is 212 Å². The van der Waals surface area contributed by atoms with Crippen LogP contribution < -0.4 is 4.90 Å². The van der Waals surface area contributed by atoms with Crippen LogP contribution in [0.25, 0.3) is 0 Å². The fourth-order valence-electron chi connectivity index (χ4n) is 9.21. The van der Waals surface area contributed by atoms with Gasteiger partial charge in [0.15, 0.2) is 5.79 Å². The summed E-state index contributed by atoms with van der Waals surface area (Å²) in [5.41, 5.74) is 6.80. The lowest BCUT2D eigenvalue weighted by Gasteiger charge is -2.54. The monoisotopic (exact) mass is 479 g/mol. The Kier molecular flexibility index (Phi) is 6.30. The first-order valence-corrected chi connectivity index (χ1v) is 14.3. The van der Waals surface area contributed by atoms with E-state index in [2.05, 4.69) is 50.2 Å². The molecule has 6 atom stereocenters. The van der Waals surface area contributed by atoms with Crippen molar-refractivity contribution in [3.63, 3.8) is 0 Å². The molecule has 4 heteroatoms. The highest BCUT2D eigenvalue weighted by Crippen LogP contribution is 2.67. The Morgan fingerprint density at radius 1 is 1.00 bits per heavy atom. The molecule has 3 saturated carbocycles. The highest BCUT2D eigenvalue weighted by Gasteiger charge is 2.57. The van der Waals surface area contributed by atoms with Gasteiger partial charge in [-0.2, -0.15) is 0 Å². The number of anilines is 1. The molecular formula is C31H45NO3. The highest BCUT2D eigenvalue weighted by molar-refractivity contribution is 5.49. The second-order valence-corrected chi connectivity index (χ2v) is 12.7. The summed E-state index contributed by atoms with van der Waals surface area (Å²) in [5, 5.41) is 9.58. The molecule has 1 aromatic carbocycles. The van der Waals surface area contributed by atoms with E-state index in [0.29, 0.717) is 23.9 Å². The molecule has 1 aliphatic heterocycles. The van der Waals surface area contributed by atoms with Crippen LogP contribution >= 0.6 is 0 Å². The number of rotatable bonds is 5. The van der Waals surface area contributed by atoms with E-state index in [1.54, 1.807) is 5.57 Å². The van der Waals surface area contributed by atoms with Gasteiger partial charge in [0, 0.05) is 45.1 Å². The van der Waals surface area contributed by atoms with Crippen LogP contribution in [0.5, 0.6) is 0 Å². The predicted octanol–water partition coefficient (Wildman–Crippen LogP) is 6.29. The van der Waals surface area contributed by atoms with E-state index in [-0.39, 0.29) is 5.79 Å². The molecule has 1 N–H and O–H groups in total. The fraction of sp³-hybridized carbons (Fsp3) is 0.742. The third-order valence-corrected chi connectivity index (χ3v) is 10.9. The summed E-state index contributed by atoms with van der Waals surface area (Å²) in [4.78, 5) is 2.20. The van der Waals surface area contributed by atoms with E-state index in [4.69, 9.17) is 9.47 Å². The number of ether oxygens (including phenoxy) is 2. The topological polar surface area (TPSA) is 41.9 Å². The van der Waals surface area contributed by atoms with Gasteiger partial charge in [0.25, 0.3) is 0 Å². The van der Waals surface area contributed by atoms with Gasteiger partial charge in [-0.15, -0.1) is 0 Å². The number of aliphatic hydroxyl groups excluding tert-OH is 1. The zero-order valence-electron chi connectivity index (χ0n) is 22.1. The van der Waals surface area contributed by atoms with E-state index in [1.807, 2.05) is 5.57 Å². The molecule has 0 radical (unpaired) electrons. The summed E-state index contributed by atoms with van der Waals surface area (Å²) in [5.74, 6) is 3.16. The summed E-state index contributed by atoms with van der Waals surface area (Å²) >= 11 is 0. The average molecular weight is 480 g/mol. The summed E-state index contributed by atoms with van der Waals surface area (Å²) in [6, 6.07) is 9.47. The Bertz CT molecular complexity index is 946. The molecule has 6 rings (SSSR count).